The summed E-state index contributed by atoms with van der Waals surface area (Å²) in [5, 5.41) is 9.23. The number of hydrogen-bond donors (Lipinski definition) is 1. The molecule has 0 amide bonds. The maximum atomic E-state index is 11.4. The van der Waals surface area contributed by atoms with Crippen LogP contribution in [0.25, 0.3) is 6.08 Å². The first-order chi connectivity index (χ1) is 6.18. The Hall–Kier alpha value is -1.00. The number of halogens is 1. The van der Waals surface area contributed by atoms with Crippen LogP contribution in [-0.4, -0.2) is 16.1 Å². The molecular formula is C9H7BrNO2+. The molecule has 1 atom stereocenters. The number of benzene rings is 1. The van der Waals surface area contributed by atoms with Crippen LogP contribution in [0.1, 0.15) is 5.56 Å². The van der Waals surface area contributed by atoms with Crippen molar-refractivity contribution in [1.29, 1.82) is 0 Å². The van der Waals surface area contributed by atoms with E-state index in [4.69, 9.17) is 0 Å². The molecule has 0 spiro atoms. The van der Waals surface area contributed by atoms with E-state index in [1.165, 1.54) is 6.08 Å². The van der Waals surface area contributed by atoms with E-state index in [0.29, 0.717) is 10.4 Å². The van der Waals surface area contributed by atoms with Crippen molar-refractivity contribution >= 4 is 27.7 Å². The van der Waals surface area contributed by atoms with Crippen LogP contribution in [0.4, 0.5) is 5.69 Å². The first-order valence-corrected chi connectivity index (χ1v) is 4.60. The number of aliphatic hydroxyl groups excluding tert-OH is 1. The highest BCUT2D eigenvalue weighted by molar-refractivity contribution is 9.10. The second-order valence-corrected chi connectivity index (χ2v) is 3.72. The van der Waals surface area contributed by atoms with E-state index in [9.17, 15) is 10.0 Å². The largest absolute Gasteiger partial charge is 0.330 e. The van der Waals surface area contributed by atoms with Gasteiger partial charge in [0.2, 0.25) is 0 Å². The first kappa shape index (κ1) is 8.59. The molecule has 0 aromatic heterocycles. The standard InChI is InChI=1S/C9H7BrNO2/c10-7-3-1-6-2-4-9(12)11(13)8(6)5-7/h1-5,9,12H/q+1. The van der Waals surface area contributed by atoms with Crippen molar-refractivity contribution in [3.05, 3.63) is 39.2 Å². The average molecular weight is 241 g/mol. The summed E-state index contributed by atoms with van der Waals surface area (Å²) in [5.74, 6) is 0. The number of nitrogens with zero attached hydrogens (tertiary/aromatic N) is 1. The first-order valence-electron chi connectivity index (χ1n) is 3.80. The molecule has 1 aromatic rings. The Morgan fingerprint density at radius 3 is 3.00 bits per heavy atom. The maximum Gasteiger partial charge on any atom is 0.329 e. The van der Waals surface area contributed by atoms with Crippen LogP contribution in [0, 0.1) is 4.91 Å². The van der Waals surface area contributed by atoms with Crippen LogP contribution in [0.5, 0.6) is 0 Å². The zero-order chi connectivity index (χ0) is 9.42. The fourth-order valence-corrected chi connectivity index (χ4v) is 1.61. The van der Waals surface area contributed by atoms with E-state index in [-0.39, 0.29) is 0 Å². The van der Waals surface area contributed by atoms with E-state index in [0.717, 1.165) is 10.0 Å². The fraction of sp³-hybridized carbons (Fsp3) is 0.111. The van der Waals surface area contributed by atoms with Gasteiger partial charge in [-0.2, -0.15) is 0 Å². The zero-order valence-electron chi connectivity index (χ0n) is 6.64. The minimum Gasteiger partial charge on any atom is -0.330 e. The molecule has 0 bridgehead atoms. The molecule has 0 saturated heterocycles. The monoisotopic (exact) mass is 240 g/mol. The van der Waals surface area contributed by atoms with Crippen LogP contribution >= 0.6 is 15.9 Å². The lowest BCUT2D eigenvalue weighted by atomic mass is 10.1. The van der Waals surface area contributed by atoms with E-state index in [1.807, 2.05) is 12.1 Å². The predicted octanol–water partition coefficient (Wildman–Crippen LogP) is 2.20. The molecule has 0 radical (unpaired) electrons. The molecule has 1 aliphatic rings. The van der Waals surface area contributed by atoms with E-state index < -0.39 is 6.23 Å². The van der Waals surface area contributed by atoms with Gasteiger partial charge < -0.3 is 5.11 Å². The number of aliphatic hydroxyl groups is 1. The minimum atomic E-state index is -1.07. The van der Waals surface area contributed by atoms with Crippen molar-refractivity contribution in [2.24, 2.45) is 0 Å². The quantitative estimate of drug-likeness (QED) is 0.707. The molecule has 1 aliphatic heterocycles. The zero-order valence-corrected chi connectivity index (χ0v) is 8.23. The summed E-state index contributed by atoms with van der Waals surface area (Å²) in [6, 6.07) is 5.37. The summed E-state index contributed by atoms with van der Waals surface area (Å²) in [4.78, 5) is 11.4. The Bertz CT molecular complexity index is 401. The lowest BCUT2D eigenvalue weighted by Gasteiger charge is -2.05. The van der Waals surface area contributed by atoms with Crippen LogP contribution in [-0.2, 0) is 0 Å². The van der Waals surface area contributed by atoms with Crippen molar-refractivity contribution in [2.75, 3.05) is 0 Å². The second-order valence-electron chi connectivity index (χ2n) is 2.80. The summed E-state index contributed by atoms with van der Waals surface area (Å²) in [6.45, 7) is 0. The molecule has 13 heavy (non-hydrogen) atoms. The molecule has 0 saturated carbocycles. The highest BCUT2D eigenvalue weighted by atomic mass is 79.9. The predicted molar refractivity (Wildman–Crippen MR) is 52.5 cm³/mol. The third kappa shape index (κ3) is 1.43. The third-order valence-electron chi connectivity index (χ3n) is 1.92. The number of nitroso groups, excluding NO2 is 1. The van der Waals surface area contributed by atoms with Gasteiger partial charge in [0.05, 0.1) is 10.3 Å². The van der Waals surface area contributed by atoms with Gasteiger partial charge in [0, 0.05) is 21.5 Å². The summed E-state index contributed by atoms with van der Waals surface area (Å²) in [7, 11) is 0. The van der Waals surface area contributed by atoms with E-state index in [1.54, 1.807) is 12.1 Å². The van der Waals surface area contributed by atoms with E-state index >= 15 is 0 Å². The molecule has 1 heterocycles. The van der Waals surface area contributed by atoms with Crippen molar-refractivity contribution in [3.63, 3.8) is 0 Å². The number of fused-ring (bicyclic) bond motifs is 1. The van der Waals surface area contributed by atoms with Crippen molar-refractivity contribution in [1.82, 2.24) is 0 Å². The van der Waals surface area contributed by atoms with Gasteiger partial charge in [-0.3, -0.25) is 0 Å². The van der Waals surface area contributed by atoms with Gasteiger partial charge in [0.1, 0.15) is 0 Å². The lowest BCUT2D eigenvalue weighted by molar-refractivity contribution is -0.541. The minimum absolute atomic E-state index is 0.490. The van der Waals surface area contributed by atoms with Crippen LogP contribution in [0.2, 0.25) is 0 Å². The highest BCUT2D eigenvalue weighted by Crippen LogP contribution is 2.28. The van der Waals surface area contributed by atoms with Crippen molar-refractivity contribution < 1.29 is 9.87 Å². The Morgan fingerprint density at radius 2 is 2.23 bits per heavy atom. The molecule has 1 N–H and O–H groups in total. The van der Waals surface area contributed by atoms with Gasteiger partial charge >= 0.3 is 6.23 Å². The molecule has 1 aromatic carbocycles. The normalized spacial score (nSPS) is 20.2. The van der Waals surface area contributed by atoms with Crippen molar-refractivity contribution in [2.45, 2.75) is 6.23 Å². The van der Waals surface area contributed by atoms with Gasteiger partial charge in [0.25, 0.3) is 5.69 Å². The molecule has 3 nitrogen and oxygen atoms in total. The molecular weight excluding hydrogens is 234 g/mol. The summed E-state index contributed by atoms with van der Waals surface area (Å²) < 4.78 is 1.41. The van der Waals surface area contributed by atoms with Crippen molar-refractivity contribution in [3.8, 4) is 0 Å². The Morgan fingerprint density at radius 1 is 1.46 bits per heavy atom. The smallest absolute Gasteiger partial charge is 0.329 e. The van der Waals surface area contributed by atoms with Crippen LogP contribution in [0.3, 0.4) is 0 Å². The van der Waals surface area contributed by atoms with Gasteiger partial charge in [-0.15, -0.1) is 0 Å². The Balaban J connectivity index is 2.60. The fourth-order valence-electron chi connectivity index (χ4n) is 1.26. The van der Waals surface area contributed by atoms with Gasteiger partial charge in [-0.1, -0.05) is 15.9 Å². The molecule has 66 valence electrons. The Labute approximate surface area is 83.4 Å². The number of rotatable bonds is 0. The third-order valence-corrected chi connectivity index (χ3v) is 2.41. The summed E-state index contributed by atoms with van der Waals surface area (Å²) in [5.41, 5.74) is 1.31. The molecule has 2 rings (SSSR count). The Kier molecular flexibility index (Phi) is 2.01. The summed E-state index contributed by atoms with van der Waals surface area (Å²) in [6.07, 6.45) is 2.13. The lowest BCUT2D eigenvalue weighted by Crippen LogP contribution is -2.19. The van der Waals surface area contributed by atoms with Gasteiger partial charge in [-0.05, 0) is 18.2 Å². The SMILES string of the molecule is O=[N+]1c2cc(Br)ccc2C=CC1O. The average Bonchev–Trinajstić information content (AvgIpc) is 2.12. The van der Waals surface area contributed by atoms with E-state index in [2.05, 4.69) is 15.9 Å². The highest BCUT2D eigenvalue weighted by Gasteiger charge is 2.28. The number of hydrogen-bond acceptors (Lipinski definition) is 2. The topological polar surface area (TPSA) is 40.3 Å². The van der Waals surface area contributed by atoms with Crippen LogP contribution < -0.4 is 0 Å². The molecule has 0 aliphatic carbocycles. The molecule has 1 unspecified atom stereocenters. The summed E-state index contributed by atoms with van der Waals surface area (Å²) >= 11 is 3.27. The van der Waals surface area contributed by atoms with Gasteiger partial charge in [-0.25, -0.2) is 0 Å². The van der Waals surface area contributed by atoms with Crippen LogP contribution in [0.15, 0.2) is 28.7 Å². The van der Waals surface area contributed by atoms with Gasteiger partial charge in [0.15, 0.2) is 0 Å². The molecule has 4 heteroatoms. The molecule has 0 fully saturated rings. The second kappa shape index (κ2) is 3.05. The maximum absolute atomic E-state index is 11.4.